The molecule has 0 aromatic heterocycles. The Hall–Kier alpha value is -1.23. The molecule has 9 nitrogen and oxygen atoms in total. The molecule has 4 rings (SSSR count). The minimum absolute atomic E-state index is 0.176. The number of rotatable bonds is 7. The van der Waals surface area contributed by atoms with E-state index in [0.29, 0.717) is 25.9 Å². The number of hydrogen-bond acceptors (Lipinski definition) is 6. The van der Waals surface area contributed by atoms with Crippen molar-refractivity contribution in [1.82, 2.24) is 25.0 Å². The van der Waals surface area contributed by atoms with Crippen LogP contribution in [0.4, 0.5) is 4.79 Å². The molecule has 0 spiro atoms. The summed E-state index contributed by atoms with van der Waals surface area (Å²) in [6, 6.07) is -0.412. The van der Waals surface area contributed by atoms with E-state index in [1.165, 1.54) is 4.90 Å². The van der Waals surface area contributed by atoms with Gasteiger partial charge in [-0.05, 0) is 44.9 Å². The lowest BCUT2D eigenvalue weighted by Crippen LogP contribution is -2.65. The SMILES string of the molecule is CC(C)CN1C(=O)N(CC2CNN(C)C2)C(=O)C2CC(S(=O)(=O)NC3(C)CC3)CCC21. The summed E-state index contributed by atoms with van der Waals surface area (Å²) in [6.45, 7) is 8.52. The van der Waals surface area contributed by atoms with Crippen molar-refractivity contribution in [2.45, 2.75) is 69.7 Å². The normalized spacial score (nSPS) is 33.8. The van der Waals surface area contributed by atoms with Crippen molar-refractivity contribution in [3.63, 3.8) is 0 Å². The highest BCUT2D eigenvalue weighted by Crippen LogP contribution is 2.40. The number of nitrogens with one attached hydrogen (secondary N) is 2. The van der Waals surface area contributed by atoms with Gasteiger partial charge in [-0.2, -0.15) is 0 Å². The highest BCUT2D eigenvalue weighted by molar-refractivity contribution is 7.90. The Bertz CT molecular complexity index is 828. The number of carbonyl (C=O) groups excluding carboxylic acids is 2. The molecule has 4 aliphatic rings. The van der Waals surface area contributed by atoms with Gasteiger partial charge in [0.2, 0.25) is 15.9 Å². The molecular weight excluding hydrogens is 418 g/mol. The predicted molar refractivity (Wildman–Crippen MR) is 117 cm³/mol. The maximum atomic E-state index is 13.5. The molecule has 0 radical (unpaired) electrons. The fourth-order valence-corrected chi connectivity index (χ4v) is 7.27. The van der Waals surface area contributed by atoms with Crippen LogP contribution in [-0.2, 0) is 14.8 Å². The number of carbonyl (C=O) groups is 2. The molecule has 4 unspecified atom stereocenters. The van der Waals surface area contributed by atoms with E-state index in [1.807, 2.05) is 23.9 Å². The van der Waals surface area contributed by atoms with E-state index in [2.05, 4.69) is 24.0 Å². The minimum Gasteiger partial charge on any atom is -0.320 e. The Kier molecular flexibility index (Phi) is 6.13. The van der Waals surface area contributed by atoms with Gasteiger partial charge in [0.15, 0.2) is 0 Å². The Morgan fingerprint density at radius 1 is 1.23 bits per heavy atom. The number of imide groups is 1. The first-order valence-corrected chi connectivity index (χ1v) is 13.1. The van der Waals surface area contributed by atoms with Gasteiger partial charge in [0.05, 0.1) is 11.2 Å². The lowest BCUT2D eigenvalue weighted by Gasteiger charge is -2.49. The second-order valence-corrected chi connectivity index (χ2v) is 12.7. The van der Waals surface area contributed by atoms with Crippen LogP contribution in [0.2, 0.25) is 0 Å². The highest BCUT2D eigenvalue weighted by Gasteiger charge is 2.52. The molecule has 0 aromatic carbocycles. The average Bonchev–Trinajstić information content (AvgIpc) is 3.25. The topological polar surface area (TPSA) is 102 Å². The second kappa shape index (κ2) is 8.28. The lowest BCUT2D eigenvalue weighted by atomic mass is 9.80. The Labute approximate surface area is 185 Å². The van der Waals surface area contributed by atoms with Gasteiger partial charge in [0.25, 0.3) is 0 Å². The van der Waals surface area contributed by atoms with Crippen molar-refractivity contribution in [3.05, 3.63) is 0 Å². The molecule has 2 saturated carbocycles. The summed E-state index contributed by atoms with van der Waals surface area (Å²) >= 11 is 0. The van der Waals surface area contributed by atoms with Gasteiger partial charge in [0, 0.05) is 50.7 Å². The number of urea groups is 1. The summed E-state index contributed by atoms with van der Waals surface area (Å²) in [5.41, 5.74) is 2.91. The first-order chi connectivity index (χ1) is 14.5. The van der Waals surface area contributed by atoms with E-state index in [9.17, 15) is 18.0 Å². The summed E-state index contributed by atoms with van der Waals surface area (Å²) in [5.74, 6) is -0.195. The third kappa shape index (κ3) is 4.77. The van der Waals surface area contributed by atoms with Crippen LogP contribution in [0, 0.1) is 17.8 Å². The minimum atomic E-state index is -3.49. The molecule has 0 aromatic rings. The Balaban J connectivity index is 1.54. The van der Waals surface area contributed by atoms with Gasteiger partial charge in [-0.15, -0.1) is 0 Å². The van der Waals surface area contributed by atoms with Crippen LogP contribution in [-0.4, -0.2) is 85.2 Å². The van der Waals surface area contributed by atoms with Crippen LogP contribution in [0.15, 0.2) is 0 Å². The van der Waals surface area contributed by atoms with Crippen molar-refractivity contribution < 1.29 is 18.0 Å². The molecule has 10 heteroatoms. The summed E-state index contributed by atoms with van der Waals surface area (Å²) in [4.78, 5) is 30.1. The van der Waals surface area contributed by atoms with Crippen LogP contribution >= 0.6 is 0 Å². The smallest absolute Gasteiger partial charge is 0.320 e. The van der Waals surface area contributed by atoms with Crippen LogP contribution in [0.3, 0.4) is 0 Å². The monoisotopic (exact) mass is 455 g/mol. The third-order valence-electron chi connectivity index (χ3n) is 7.24. The molecule has 2 aliphatic carbocycles. The summed E-state index contributed by atoms with van der Waals surface area (Å²) < 4.78 is 28.9. The Morgan fingerprint density at radius 3 is 2.52 bits per heavy atom. The van der Waals surface area contributed by atoms with Gasteiger partial charge in [-0.3, -0.25) is 15.1 Å². The molecule has 3 amide bonds. The quantitative estimate of drug-likeness (QED) is 0.593. The number of sulfonamides is 1. The maximum Gasteiger partial charge on any atom is 0.326 e. The zero-order valence-corrected chi connectivity index (χ0v) is 20.0. The van der Waals surface area contributed by atoms with E-state index in [-0.39, 0.29) is 41.8 Å². The first kappa shape index (κ1) is 22.9. The van der Waals surface area contributed by atoms with E-state index >= 15 is 0 Å². The van der Waals surface area contributed by atoms with Crippen molar-refractivity contribution >= 4 is 22.0 Å². The molecule has 2 saturated heterocycles. The van der Waals surface area contributed by atoms with E-state index in [1.54, 1.807) is 0 Å². The lowest BCUT2D eigenvalue weighted by molar-refractivity contribution is -0.141. The summed E-state index contributed by atoms with van der Waals surface area (Å²) in [7, 11) is -1.55. The molecule has 2 aliphatic heterocycles. The maximum absolute atomic E-state index is 13.5. The van der Waals surface area contributed by atoms with Gasteiger partial charge >= 0.3 is 6.03 Å². The van der Waals surface area contributed by atoms with E-state index < -0.39 is 21.2 Å². The average molecular weight is 456 g/mol. The molecular formula is C21H37N5O4S. The number of amides is 3. The van der Waals surface area contributed by atoms with Gasteiger partial charge < -0.3 is 4.90 Å². The molecule has 4 atom stereocenters. The van der Waals surface area contributed by atoms with Gasteiger partial charge in [0.1, 0.15) is 0 Å². The zero-order valence-electron chi connectivity index (χ0n) is 19.1. The summed E-state index contributed by atoms with van der Waals surface area (Å²) in [6.07, 6.45) is 3.05. The van der Waals surface area contributed by atoms with Gasteiger partial charge in [-0.25, -0.2) is 22.9 Å². The second-order valence-electron chi connectivity index (χ2n) is 10.7. The van der Waals surface area contributed by atoms with Crippen molar-refractivity contribution in [2.24, 2.45) is 17.8 Å². The fourth-order valence-electron chi connectivity index (χ4n) is 5.30. The molecule has 0 bridgehead atoms. The largest absolute Gasteiger partial charge is 0.326 e. The number of nitrogens with zero attached hydrogens (tertiary/aromatic N) is 3. The van der Waals surface area contributed by atoms with Crippen LogP contribution in [0.25, 0.3) is 0 Å². The van der Waals surface area contributed by atoms with E-state index in [4.69, 9.17) is 0 Å². The van der Waals surface area contributed by atoms with Crippen molar-refractivity contribution in [1.29, 1.82) is 0 Å². The highest BCUT2D eigenvalue weighted by atomic mass is 32.2. The number of hydrogen-bond donors (Lipinski definition) is 2. The molecule has 4 fully saturated rings. The predicted octanol–water partition coefficient (Wildman–Crippen LogP) is 0.982. The molecule has 2 heterocycles. The van der Waals surface area contributed by atoms with Gasteiger partial charge in [-0.1, -0.05) is 13.8 Å². The van der Waals surface area contributed by atoms with E-state index in [0.717, 1.165) is 25.9 Å². The first-order valence-electron chi connectivity index (χ1n) is 11.6. The van der Waals surface area contributed by atoms with Crippen LogP contribution < -0.4 is 10.1 Å². The fraction of sp³-hybridized carbons (Fsp3) is 0.905. The summed E-state index contributed by atoms with van der Waals surface area (Å²) in [5, 5.41) is 1.40. The number of hydrazine groups is 1. The van der Waals surface area contributed by atoms with Crippen LogP contribution in [0.1, 0.15) is 52.9 Å². The molecule has 176 valence electrons. The standard InChI is InChI=1S/C21H37N5O4S/c1-14(2)11-25-18-6-5-16(31(29,30)23-21(3)7-8-21)9-17(18)19(27)26(20(25)28)13-15-10-22-24(4)12-15/h14-18,22-23H,5-13H2,1-4H3. The van der Waals surface area contributed by atoms with Crippen LogP contribution in [0.5, 0.6) is 0 Å². The van der Waals surface area contributed by atoms with Crippen molar-refractivity contribution in [2.75, 3.05) is 33.2 Å². The third-order valence-corrected chi connectivity index (χ3v) is 9.32. The zero-order chi connectivity index (χ0) is 22.6. The Morgan fingerprint density at radius 2 is 1.94 bits per heavy atom. The molecule has 31 heavy (non-hydrogen) atoms. The molecule has 2 N–H and O–H groups in total. The van der Waals surface area contributed by atoms with Crippen molar-refractivity contribution in [3.8, 4) is 0 Å². The number of fused-ring (bicyclic) bond motifs is 1.